The van der Waals surface area contributed by atoms with Crippen LogP contribution in [-0.4, -0.2) is 19.1 Å². The number of benzene rings is 1. The lowest BCUT2D eigenvalue weighted by molar-refractivity contribution is -0.116. The molecule has 1 aliphatic heterocycles. The first kappa shape index (κ1) is 11.5. The Hall–Kier alpha value is -1.97. The molecule has 0 radical (unpaired) electrons. The number of hydrazine groups is 1. The molecule has 0 unspecified atom stereocenters. The van der Waals surface area contributed by atoms with E-state index in [1.54, 1.807) is 5.01 Å². The van der Waals surface area contributed by atoms with E-state index in [1.165, 1.54) is 0 Å². The van der Waals surface area contributed by atoms with Crippen LogP contribution in [0.1, 0.15) is 13.3 Å². The molecule has 0 bridgehead atoms. The molecule has 1 saturated heterocycles. The number of hydrogen-bond acceptors (Lipinski definition) is 3. The average molecular weight is 232 g/mol. The van der Waals surface area contributed by atoms with Gasteiger partial charge >= 0.3 is 0 Å². The smallest absolute Gasteiger partial charge is 0.267 e. The third-order valence-electron chi connectivity index (χ3n) is 2.51. The minimum atomic E-state index is -0.120. The van der Waals surface area contributed by atoms with Crippen LogP contribution in [0.25, 0.3) is 0 Å². The number of nitrogens with zero attached hydrogens (tertiary/aromatic N) is 1. The maximum absolute atomic E-state index is 11.3. The lowest BCUT2D eigenvalue weighted by Crippen LogP contribution is -2.32. The molecule has 0 atom stereocenters. The molecule has 0 aromatic heterocycles. The fourth-order valence-electron chi connectivity index (χ4n) is 1.62. The van der Waals surface area contributed by atoms with Crippen molar-refractivity contribution >= 4 is 11.6 Å². The van der Waals surface area contributed by atoms with Crippen LogP contribution in [0.2, 0.25) is 0 Å². The average Bonchev–Trinajstić information content (AvgIpc) is 2.68. The summed E-state index contributed by atoms with van der Waals surface area (Å²) in [7, 11) is 0. The van der Waals surface area contributed by atoms with Crippen LogP contribution in [0, 0.1) is 0 Å². The van der Waals surface area contributed by atoms with Crippen molar-refractivity contribution in [2.24, 2.45) is 0 Å². The fraction of sp³-hybridized carbons (Fsp3) is 0.308. The molecule has 4 heteroatoms. The zero-order chi connectivity index (χ0) is 12.3. The van der Waals surface area contributed by atoms with E-state index in [-0.39, 0.29) is 5.91 Å². The molecular weight excluding hydrogens is 216 g/mol. The summed E-state index contributed by atoms with van der Waals surface area (Å²) in [6, 6.07) is 7.66. The second-order valence-electron chi connectivity index (χ2n) is 3.98. The third-order valence-corrected chi connectivity index (χ3v) is 2.51. The summed E-state index contributed by atoms with van der Waals surface area (Å²) in [5.41, 5.74) is 4.22. The van der Waals surface area contributed by atoms with E-state index in [0.717, 1.165) is 17.9 Å². The fourth-order valence-corrected chi connectivity index (χ4v) is 1.62. The molecule has 0 saturated carbocycles. The van der Waals surface area contributed by atoms with E-state index in [2.05, 4.69) is 18.9 Å². The predicted octanol–water partition coefficient (Wildman–Crippen LogP) is 1.88. The first-order chi connectivity index (χ1) is 8.20. The largest absolute Gasteiger partial charge is 0.494 e. The molecule has 1 fully saturated rings. The van der Waals surface area contributed by atoms with Gasteiger partial charge in [-0.1, -0.05) is 19.6 Å². The Morgan fingerprint density at radius 2 is 2.35 bits per heavy atom. The van der Waals surface area contributed by atoms with Gasteiger partial charge in [-0.25, -0.2) is 0 Å². The molecule has 1 aromatic rings. The second kappa shape index (κ2) is 4.91. The van der Waals surface area contributed by atoms with Crippen molar-refractivity contribution in [3.05, 3.63) is 36.4 Å². The van der Waals surface area contributed by atoms with Crippen molar-refractivity contribution < 1.29 is 9.53 Å². The molecule has 17 heavy (non-hydrogen) atoms. The summed E-state index contributed by atoms with van der Waals surface area (Å²) in [4.78, 5) is 11.3. The molecule has 4 nitrogen and oxygen atoms in total. The lowest BCUT2D eigenvalue weighted by atomic mass is 10.2. The highest BCUT2D eigenvalue weighted by molar-refractivity contribution is 5.97. The van der Waals surface area contributed by atoms with Crippen LogP contribution in [0.4, 0.5) is 5.69 Å². The number of amides is 1. The zero-order valence-electron chi connectivity index (χ0n) is 9.90. The van der Waals surface area contributed by atoms with Gasteiger partial charge in [0, 0.05) is 11.6 Å². The summed E-state index contributed by atoms with van der Waals surface area (Å²) < 4.78 is 5.55. The van der Waals surface area contributed by atoms with Crippen LogP contribution >= 0.6 is 0 Å². The highest BCUT2D eigenvalue weighted by atomic mass is 16.5. The Morgan fingerprint density at radius 3 is 3.00 bits per heavy atom. The van der Waals surface area contributed by atoms with E-state index in [9.17, 15) is 4.79 Å². The second-order valence-corrected chi connectivity index (χ2v) is 3.98. The maximum Gasteiger partial charge on any atom is 0.267 e. The van der Waals surface area contributed by atoms with Gasteiger partial charge < -0.3 is 4.74 Å². The number of carbonyl (C=O) groups excluding carboxylic acids is 1. The number of nitrogens with one attached hydrogen (secondary N) is 1. The van der Waals surface area contributed by atoms with Crippen LogP contribution in [0.5, 0.6) is 5.75 Å². The zero-order valence-corrected chi connectivity index (χ0v) is 9.90. The molecule has 0 aliphatic carbocycles. The highest BCUT2D eigenvalue weighted by Crippen LogP contribution is 2.22. The maximum atomic E-state index is 11.3. The van der Waals surface area contributed by atoms with Crippen molar-refractivity contribution in [2.45, 2.75) is 13.3 Å². The number of carbonyl (C=O) groups is 1. The number of rotatable bonds is 4. The number of ether oxygens (including phenoxy) is 1. The summed E-state index contributed by atoms with van der Waals surface area (Å²) >= 11 is 0. The quantitative estimate of drug-likeness (QED) is 0.806. The summed E-state index contributed by atoms with van der Waals surface area (Å²) in [6.07, 6.45) is 0.974. The molecular formula is C13H16N2O2. The van der Waals surface area contributed by atoms with Gasteiger partial charge in [-0.3, -0.25) is 15.2 Å². The van der Waals surface area contributed by atoms with E-state index >= 15 is 0 Å². The Labute approximate surface area is 101 Å². The molecule has 2 rings (SSSR count). The highest BCUT2D eigenvalue weighted by Gasteiger charge is 2.22. The Kier molecular flexibility index (Phi) is 3.32. The van der Waals surface area contributed by atoms with Crippen molar-refractivity contribution in [3.8, 4) is 5.75 Å². The van der Waals surface area contributed by atoms with Crippen LogP contribution < -0.4 is 15.2 Å². The summed E-state index contributed by atoms with van der Waals surface area (Å²) in [5.74, 6) is 0.695. The van der Waals surface area contributed by atoms with E-state index in [1.807, 2.05) is 24.3 Å². The minimum absolute atomic E-state index is 0.120. The number of anilines is 1. The van der Waals surface area contributed by atoms with Crippen LogP contribution in [0.3, 0.4) is 0 Å². The van der Waals surface area contributed by atoms with E-state index in [0.29, 0.717) is 18.7 Å². The van der Waals surface area contributed by atoms with Gasteiger partial charge in [-0.15, -0.1) is 0 Å². The molecule has 1 amide bonds. The monoisotopic (exact) mass is 232 g/mol. The number of hydrogen-bond donors (Lipinski definition) is 1. The van der Waals surface area contributed by atoms with Gasteiger partial charge in [0.05, 0.1) is 18.8 Å². The van der Waals surface area contributed by atoms with Crippen molar-refractivity contribution in [3.63, 3.8) is 0 Å². The van der Waals surface area contributed by atoms with Crippen LogP contribution in [0.15, 0.2) is 36.4 Å². The van der Waals surface area contributed by atoms with Gasteiger partial charge in [0.2, 0.25) is 0 Å². The van der Waals surface area contributed by atoms with Crippen LogP contribution in [-0.2, 0) is 4.79 Å². The Bertz CT molecular complexity index is 427. The Balaban J connectivity index is 2.11. The predicted molar refractivity (Wildman–Crippen MR) is 66.9 cm³/mol. The van der Waals surface area contributed by atoms with Gasteiger partial charge in [0.15, 0.2) is 0 Å². The summed E-state index contributed by atoms with van der Waals surface area (Å²) in [5, 5.41) is 1.77. The SMILES string of the molecule is C=C1CN(c2cccc(OCCC)c2)NC1=O. The standard InChI is InChI=1S/C13H16N2O2/c1-3-7-17-12-6-4-5-11(8-12)15-9-10(2)13(16)14-15/h4-6,8H,2-3,7,9H2,1H3,(H,14,16). The van der Waals surface area contributed by atoms with Crippen molar-refractivity contribution in [1.82, 2.24) is 5.43 Å². The normalized spacial score (nSPS) is 15.0. The molecule has 90 valence electrons. The molecule has 1 aromatic carbocycles. The van der Waals surface area contributed by atoms with Crippen molar-refractivity contribution in [2.75, 3.05) is 18.2 Å². The van der Waals surface area contributed by atoms with E-state index in [4.69, 9.17) is 4.74 Å². The molecule has 0 spiro atoms. The first-order valence-electron chi connectivity index (χ1n) is 5.70. The third kappa shape index (κ3) is 2.58. The molecule has 1 aliphatic rings. The van der Waals surface area contributed by atoms with Gasteiger partial charge in [0.25, 0.3) is 5.91 Å². The van der Waals surface area contributed by atoms with Gasteiger partial charge in [-0.2, -0.15) is 0 Å². The van der Waals surface area contributed by atoms with Gasteiger partial charge in [-0.05, 0) is 18.6 Å². The summed E-state index contributed by atoms with van der Waals surface area (Å²) in [6.45, 7) is 6.97. The Morgan fingerprint density at radius 1 is 1.53 bits per heavy atom. The lowest BCUT2D eigenvalue weighted by Gasteiger charge is -2.17. The molecule has 1 heterocycles. The van der Waals surface area contributed by atoms with Gasteiger partial charge in [0.1, 0.15) is 5.75 Å². The van der Waals surface area contributed by atoms with Crippen molar-refractivity contribution in [1.29, 1.82) is 0 Å². The minimum Gasteiger partial charge on any atom is -0.494 e. The molecule has 1 N–H and O–H groups in total. The topological polar surface area (TPSA) is 41.6 Å². The first-order valence-corrected chi connectivity index (χ1v) is 5.70. The van der Waals surface area contributed by atoms with E-state index < -0.39 is 0 Å².